The van der Waals surface area contributed by atoms with E-state index in [0.29, 0.717) is 19.6 Å². The van der Waals surface area contributed by atoms with Gasteiger partial charge in [0.2, 0.25) is 0 Å². The van der Waals surface area contributed by atoms with Crippen molar-refractivity contribution in [2.24, 2.45) is 0 Å². The summed E-state index contributed by atoms with van der Waals surface area (Å²) >= 11 is 0. The van der Waals surface area contributed by atoms with Gasteiger partial charge < -0.3 is 19.5 Å². The van der Waals surface area contributed by atoms with Gasteiger partial charge in [0.05, 0.1) is 6.20 Å². The van der Waals surface area contributed by atoms with E-state index in [9.17, 15) is 4.79 Å². The number of nitrogens with zero attached hydrogens (tertiary/aromatic N) is 4. The molecule has 26 heavy (non-hydrogen) atoms. The van der Waals surface area contributed by atoms with Crippen molar-refractivity contribution < 1.29 is 9.21 Å². The maximum absolute atomic E-state index is 12.5. The van der Waals surface area contributed by atoms with Crippen LogP contribution in [0.3, 0.4) is 0 Å². The summed E-state index contributed by atoms with van der Waals surface area (Å²) < 4.78 is 5.76. The van der Waals surface area contributed by atoms with Crippen molar-refractivity contribution in [1.82, 2.24) is 20.2 Å². The van der Waals surface area contributed by atoms with Crippen LogP contribution in [0.15, 0.2) is 47.3 Å². The summed E-state index contributed by atoms with van der Waals surface area (Å²) in [4.78, 5) is 24.9. The molecule has 1 N–H and O–H groups in total. The molecule has 3 aromatic rings. The molecule has 3 heterocycles. The molecule has 7 heteroatoms. The molecule has 1 fully saturated rings. The lowest BCUT2D eigenvalue weighted by Gasteiger charge is -2.35. The molecule has 134 valence electrons. The predicted octanol–water partition coefficient (Wildman–Crippen LogP) is 2.56. The third-order valence-corrected chi connectivity index (χ3v) is 4.76. The van der Waals surface area contributed by atoms with Crippen LogP contribution in [0.2, 0.25) is 0 Å². The zero-order valence-corrected chi connectivity index (χ0v) is 14.7. The Balaban J connectivity index is 1.35. The Morgan fingerprint density at radius 1 is 1.19 bits per heavy atom. The number of hydrogen-bond donors (Lipinski definition) is 1. The third-order valence-electron chi connectivity index (χ3n) is 4.76. The zero-order valence-electron chi connectivity index (χ0n) is 14.7. The first-order chi connectivity index (χ1) is 12.7. The molecule has 1 saturated heterocycles. The molecule has 0 unspecified atom stereocenters. The smallest absolute Gasteiger partial charge is 0.317 e. The van der Waals surface area contributed by atoms with Crippen molar-refractivity contribution in [2.75, 3.05) is 31.1 Å². The number of benzene rings is 1. The number of aryl methyl sites for hydroxylation is 1. The minimum atomic E-state index is -0.0477. The second-order valence-electron chi connectivity index (χ2n) is 6.33. The molecule has 2 aromatic heterocycles. The van der Waals surface area contributed by atoms with Gasteiger partial charge in [-0.1, -0.05) is 18.2 Å². The number of fused-ring (bicyclic) bond motifs is 1. The Morgan fingerprint density at radius 3 is 2.77 bits per heavy atom. The van der Waals surface area contributed by atoms with E-state index in [1.807, 2.05) is 36.1 Å². The molecule has 1 aromatic carbocycles. The van der Waals surface area contributed by atoms with Crippen LogP contribution in [0.5, 0.6) is 0 Å². The Hall–Kier alpha value is -3.09. The van der Waals surface area contributed by atoms with Crippen LogP contribution in [0.25, 0.3) is 11.0 Å². The number of nitrogens with one attached hydrogen (secondary N) is 1. The van der Waals surface area contributed by atoms with E-state index < -0.39 is 0 Å². The number of carbonyl (C=O) groups excluding carboxylic acids is 1. The second-order valence-corrected chi connectivity index (χ2v) is 6.33. The Morgan fingerprint density at radius 2 is 2.00 bits per heavy atom. The molecule has 0 aliphatic carbocycles. The Kier molecular flexibility index (Phi) is 4.43. The maximum atomic E-state index is 12.5. The molecule has 0 saturated carbocycles. The van der Waals surface area contributed by atoms with Gasteiger partial charge in [0.15, 0.2) is 0 Å². The lowest BCUT2D eigenvalue weighted by Crippen LogP contribution is -2.51. The number of piperazine rings is 1. The monoisotopic (exact) mass is 351 g/mol. The number of anilines is 1. The molecule has 4 rings (SSSR count). The largest absolute Gasteiger partial charge is 0.461 e. The van der Waals surface area contributed by atoms with Gasteiger partial charge in [0.25, 0.3) is 0 Å². The van der Waals surface area contributed by atoms with Gasteiger partial charge in [-0.05, 0) is 13.0 Å². The number of carbonyl (C=O) groups is 1. The van der Waals surface area contributed by atoms with E-state index in [0.717, 1.165) is 41.2 Å². The summed E-state index contributed by atoms with van der Waals surface area (Å²) in [5.41, 5.74) is 1.89. The predicted molar refractivity (Wildman–Crippen MR) is 99.0 cm³/mol. The quantitative estimate of drug-likeness (QED) is 0.785. The number of furan rings is 1. The first-order valence-corrected chi connectivity index (χ1v) is 8.73. The van der Waals surface area contributed by atoms with Crippen LogP contribution in [-0.4, -0.2) is 47.1 Å². The number of para-hydroxylation sites is 1. The van der Waals surface area contributed by atoms with Gasteiger partial charge in [-0.2, -0.15) is 0 Å². The summed E-state index contributed by atoms with van der Waals surface area (Å²) in [5, 5.41) is 4.08. The molecule has 7 nitrogen and oxygen atoms in total. The fourth-order valence-electron chi connectivity index (χ4n) is 3.31. The molecule has 1 aliphatic rings. The molecule has 1 aliphatic heterocycles. The van der Waals surface area contributed by atoms with Crippen LogP contribution in [-0.2, 0) is 6.54 Å². The maximum Gasteiger partial charge on any atom is 0.317 e. The van der Waals surface area contributed by atoms with Crippen molar-refractivity contribution in [3.05, 3.63) is 54.2 Å². The molecular formula is C19H21N5O2. The van der Waals surface area contributed by atoms with E-state index in [1.165, 1.54) is 0 Å². The van der Waals surface area contributed by atoms with Crippen molar-refractivity contribution in [3.8, 4) is 0 Å². The molecule has 0 radical (unpaired) electrons. The van der Waals surface area contributed by atoms with E-state index in [2.05, 4.69) is 20.2 Å². The summed E-state index contributed by atoms with van der Waals surface area (Å²) in [6.45, 7) is 5.22. The van der Waals surface area contributed by atoms with Crippen molar-refractivity contribution in [2.45, 2.75) is 13.5 Å². The Labute approximate surface area is 151 Å². The number of urea groups is 1. The first kappa shape index (κ1) is 16.4. The van der Waals surface area contributed by atoms with Gasteiger partial charge in [-0.3, -0.25) is 4.98 Å². The van der Waals surface area contributed by atoms with Crippen molar-refractivity contribution in [3.63, 3.8) is 0 Å². The minimum Gasteiger partial charge on any atom is -0.461 e. The highest BCUT2D eigenvalue weighted by molar-refractivity contribution is 5.83. The van der Waals surface area contributed by atoms with E-state index in [4.69, 9.17) is 4.42 Å². The van der Waals surface area contributed by atoms with Crippen LogP contribution >= 0.6 is 0 Å². The summed E-state index contributed by atoms with van der Waals surface area (Å²) in [7, 11) is 0. The van der Waals surface area contributed by atoms with E-state index >= 15 is 0 Å². The van der Waals surface area contributed by atoms with Gasteiger partial charge in [-0.25, -0.2) is 9.78 Å². The van der Waals surface area contributed by atoms with Gasteiger partial charge in [0, 0.05) is 56.1 Å². The molecule has 0 spiro atoms. The summed E-state index contributed by atoms with van der Waals surface area (Å²) in [5.74, 6) is 1.70. The molecule has 0 atom stereocenters. The lowest BCUT2D eigenvalue weighted by atomic mass is 10.1. The van der Waals surface area contributed by atoms with Crippen molar-refractivity contribution >= 4 is 22.8 Å². The summed E-state index contributed by atoms with van der Waals surface area (Å²) in [6.07, 6.45) is 5.10. The third kappa shape index (κ3) is 3.20. The normalized spacial score (nSPS) is 14.7. The topological polar surface area (TPSA) is 74.5 Å². The SMILES string of the molecule is Cc1oc2ccccc2c1CNC(=O)N1CCN(c2cnccn2)CC1. The first-order valence-electron chi connectivity index (χ1n) is 8.73. The van der Waals surface area contributed by atoms with Gasteiger partial charge in [0.1, 0.15) is 17.2 Å². The molecular weight excluding hydrogens is 330 g/mol. The molecule has 0 bridgehead atoms. The average molecular weight is 351 g/mol. The lowest BCUT2D eigenvalue weighted by molar-refractivity contribution is 0.194. The summed E-state index contributed by atoms with van der Waals surface area (Å²) in [6, 6.07) is 7.85. The number of rotatable bonds is 3. The van der Waals surface area contributed by atoms with Gasteiger partial charge >= 0.3 is 6.03 Å². The fourth-order valence-corrected chi connectivity index (χ4v) is 3.31. The van der Waals surface area contributed by atoms with Crippen LogP contribution in [0.1, 0.15) is 11.3 Å². The van der Waals surface area contributed by atoms with Crippen LogP contribution < -0.4 is 10.2 Å². The average Bonchev–Trinajstić information content (AvgIpc) is 3.02. The van der Waals surface area contributed by atoms with E-state index in [-0.39, 0.29) is 6.03 Å². The Bertz CT molecular complexity index is 901. The number of aromatic nitrogens is 2. The fraction of sp³-hybridized carbons (Fsp3) is 0.316. The van der Waals surface area contributed by atoms with Crippen LogP contribution in [0.4, 0.5) is 10.6 Å². The highest BCUT2D eigenvalue weighted by atomic mass is 16.3. The second kappa shape index (κ2) is 7.03. The zero-order chi connectivity index (χ0) is 17.9. The van der Waals surface area contributed by atoms with Crippen molar-refractivity contribution in [1.29, 1.82) is 0 Å². The van der Waals surface area contributed by atoms with Crippen LogP contribution in [0, 0.1) is 6.92 Å². The van der Waals surface area contributed by atoms with E-state index in [1.54, 1.807) is 18.6 Å². The minimum absolute atomic E-state index is 0.0477. The highest BCUT2D eigenvalue weighted by Gasteiger charge is 2.22. The number of amides is 2. The highest BCUT2D eigenvalue weighted by Crippen LogP contribution is 2.25. The number of hydrogen-bond acceptors (Lipinski definition) is 5. The van der Waals surface area contributed by atoms with Gasteiger partial charge in [-0.15, -0.1) is 0 Å². The standard InChI is InChI=1S/C19H21N5O2/c1-14-16(15-4-2-3-5-17(15)26-14)12-22-19(25)24-10-8-23(9-11-24)18-13-20-6-7-21-18/h2-7,13H,8-12H2,1H3,(H,22,25). The molecule has 2 amide bonds.